The first kappa shape index (κ1) is 14.8. The molecule has 1 aromatic rings. The highest BCUT2D eigenvalue weighted by Gasteiger charge is 2.24. The molecule has 1 amide bonds. The fourth-order valence-corrected chi connectivity index (χ4v) is 2.38. The highest BCUT2D eigenvalue weighted by Crippen LogP contribution is 2.17. The molecule has 2 heterocycles. The molecule has 5 nitrogen and oxygen atoms in total. The molecule has 0 aliphatic carbocycles. The average molecular weight is 277 g/mol. The van der Waals surface area contributed by atoms with Gasteiger partial charge < -0.3 is 15.4 Å². The molecule has 0 saturated carbocycles. The Morgan fingerprint density at radius 3 is 2.95 bits per heavy atom. The van der Waals surface area contributed by atoms with Crippen LogP contribution >= 0.6 is 0 Å². The van der Waals surface area contributed by atoms with Gasteiger partial charge in [0.1, 0.15) is 5.82 Å². The largest absolute Gasteiger partial charge is 0.381 e. The van der Waals surface area contributed by atoms with E-state index in [4.69, 9.17) is 4.74 Å². The zero-order chi connectivity index (χ0) is 14.5. The minimum Gasteiger partial charge on any atom is -0.381 e. The molecule has 1 aliphatic rings. The summed E-state index contributed by atoms with van der Waals surface area (Å²) >= 11 is 0. The van der Waals surface area contributed by atoms with Gasteiger partial charge in [0.2, 0.25) is 0 Å². The molecule has 1 saturated heterocycles. The lowest BCUT2D eigenvalue weighted by Crippen LogP contribution is -2.38. The molecule has 0 bridgehead atoms. The van der Waals surface area contributed by atoms with Gasteiger partial charge in [0.15, 0.2) is 0 Å². The summed E-state index contributed by atoms with van der Waals surface area (Å²) < 4.78 is 5.37. The van der Waals surface area contributed by atoms with Crippen LogP contribution in [0, 0.1) is 5.92 Å². The summed E-state index contributed by atoms with van der Waals surface area (Å²) in [6.07, 6.45) is 1.82. The molecule has 2 unspecified atom stereocenters. The number of aromatic nitrogens is 1. The van der Waals surface area contributed by atoms with Crippen molar-refractivity contribution in [2.45, 2.75) is 32.7 Å². The van der Waals surface area contributed by atoms with Gasteiger partial charge in [-0.15, -0.1) is 0 Å². The Kier molecular flexibility index (Phi) is 4.95. The summed E-state index contributed by atoms with van der Waals surface area (Å²) in [4.78, 5) is 16.7. The fraction of sp³-hybridized carbons (Fsp3) is 0.600. The number of rotatable bonds is 5. The van der Waals surface area contributed by atoms with Crippen LogP contribution in [-0.2, 0) is 11.2 Å². The van der Waals surface area contributed by atoms with Crippen molar-refractivity contribution in [3.8, 4) is 0 Å². The van der Waals surface area contributed by atoms with Gasteiger partial charge in [-0.05, 0) is 31.9 Å². The number of anilines is 1. The summed E-state index contributed by atoms with van der Waals surface area (Å²) in [7, 11) is 1.81. The van der Waals surface area contributed by atoms with E-state index in [0.29, 0.717) is 11.5 Å². The first-order valence-electron chi connectivity index (χ1n) is 7.21. The monoisotopic (exact) mass is 277 g/mol. The van der Waals surface area contributed by atoms with Crippen LogP contribution in [0.15, 0.2) is 12.1 Å². The highest BCUT2D eigenvalue weighted by molar-refractivity contribution is 5.95. The van der Waals surface area contributed by atoms with E-state index >= 15 is 0 Å². The second kappa shape index (κ2) is 6.70. The van der Waals surface area contributed by atoms with Crippen molar-refractivity contribution in [3.05, 3.63) is 23.4 Å². The van der Waals surface area contributed by atoms with Gasteiger partial charge in [0.05, 0.1) is 6.61 Å². The molecule has 2 atom stereocenters. The number of hydrogen-bond acceptors (Lipinski definition) is 4. The van der Waals surface area contributed by atoms with Crippen LogP contribution < -0.4 is 10.6 Å². The molecule has 5 heteroatoms. The van der Waals surface area contributed by atoms with E-state index in [2.05, 4.69) is 15.6 Å². The van der Waals surface area contributed by atoms with Crippen LogP contribution in [0.3, 0.4) is 0 Å². The van der Waals surface area contributed by atoms with E-state index in [9.17, 15) is 4.79 Å². The van der Waals surface area contributed by atoms with E-state index in [-0.39, 0.29) is 11.9 Å². The molecule has 1 aliphatic heterocycles. The van der Waals surface area contributed by atoms with E-state index in [1.165, 1.54) is 0 Å². The van der Waals surface area contributed by atoms with Crippen molar-refractivity contribution in [2.75, 3.05) is 25.6 Å². The van der Waals surface area contributed by atoms with E-state index in [1.807, 2.05) is 27.0 Å². The Labute approximate surface area is 120 Å². The smallest absolute Gasteiger partial charge is 0.251 e. The van der Waals surface area contributed by atoms with Gasteiger partial charge in [-0.2, -0.15) is 0 Å². The number of aryl methyl sites for hydroxylation is 1. The Balaban J connectivity index is 2.07. The lowest BCUT2D eigenvalue weighted by Gasteiger charge is -2.19. The second-order valence-corrected chi connectivity index (χ2v) is 5.22. The number of ether oxygens (including phenoxy) is 1. The zero-order valence-electron chi connectivity index (χ0n) is 12.4. The molecular weight excluding hydrogens is 254 g/mol. The van der Waals surface area contributed by atoms with Crippen LogP contribution in [-0.4, -0.2) is 37.2 Å². The third kappa shape index (κ3) is 3.48. The Morgan fingerprint density at radius 2 is 2.35 bits per heavy atom. The lowest BCUT2D eigenvalue weighted by molar-refractivity contribution is 0.0922. The number of nitrogens with one attached hydrogen (secondary N) is 2. The van der Waals surface area contributed by atoms with Crippen molar-refractivity contribution in [1.82, 2.24) is 10.3 Å². The van der Waals surface area contributed by atoms with Crippen molar-refractivity contribution >= 4 is 11.7 Å². The molecule has 20 heavy (non-hydrogen) atoms. The van der Waals surface area contributed by atoms with Gasteiger partial charge >= 0.3 is 0 Å². The SMILES string of the molecule is CCc1cc(C(=O)NC(C)C2CCOC2)cc(NC)n1. The third-order valence-corrected chi connectivity index (χ3v) is 3.79. The minimum absolute atomic E-state index is 0.0435. The predicted octanol–water partition coefficient (Wildman–Crippen LogP) is 1.84. The van der Waals surface area contributed by atoms with Gasteiger partial charge in [0.25, 0.3) is 5.91 Å². The molecule has 110 valence electrons. The molecule has 2 rings (SSSR count). The van der Waals surface area contributed by atoms with Crippen LogP contribution in [0.5, 0.6) is 0 Å². The van der Waals surface area contributed by atoms with E-state index < -0.39 is 0 Å². The maximum Gasteiger partial charge on any atom is 0.251 e. The van der Waals surface area contributed by atoms with E-state index in [1.54, 1.807) is 6.07 Å². The fourth-order valence-electron chi connectivity index (χ4n) is 2.38. The number of carbonyl (C=O) groups excluding carboxylic acids is 1. The summed E-state index contributed by atoms with van der Waals surface area (Å²) in [5, 5.41) is 6.06. The standard InChI is InChI=1S/C15H23N3O2/c1-4-13-7-12(8-14(16-3)18-13)15(19)17-10(2)11-5-6-20-9-11/h7-8,10-11H,4-6,9H2,1-3H3,(H,16,18)(H,17,19). The van der Waals surface area contributed by atoms with Gasteiger partial charge in [-0.1, -0.05) is 6.92 Å². The van der Waals surface area contributed by atoms with Crippen LogP contribution in [0.1, 0.15) is 36.3 Å². The normalized spacial score (nSPS) is 19.6. The number of nitrogens with zero attached hydrogens (tertiary/aromatic N) is 1. The molecular formula is C15H23N3O2. The summed E-state index contributed by atoms with van der Waals surface area (Å²) in [5.41, 5.74) is 1.57. The number of amides is 1. The Bertz CT molecular complexity index is 448. The third-order valence-electron chi connectivity index (χ3n) is 3.79. The van der Waals surface area contributed by atoms with Gasteiger partial charge in [-0.3, -0.25) is 4.79 Å². The van der Waals surface area contributed by atoms with Gasteiger partial charge in [0, 0.05) is 36.9 Å². The molecule has 2 N–H and O–H groups in total. The average Bonchev–Trinajstić information content (AvgIpc) is 3.00. The van der Waals surface area contributed by atoms with Crippen LogP contribution in [0.2, 0.25) is 0 Å². The predicted molar refractivity (Wildman–Crippen MR) is 79.0 cm³/mol. The first-order valence-corrected chi connectivity index (χ1v) is 7.21. The molecule has 1 aromatic heterocycles. The number of carbonyl (C=O) groups is 1. The van der Waals surface area contributed by atoms with Crippen molar-refractivity contribution in [3.63, 3.8) is 0 Å². The Morgan fingerprint density at radius 1 is 1.55 bits per heavy atom. The molecule has 1 fully saturated rings. The summed E-state index contributed by atoms with van der Waals surface area (Å²) in [6, 6.07) is 3.77. The number of pyridine rings is 1. The summed E-state index contributed by atoms with van der Waals surface area (Å²) in [6.45, 7) is 5.60. The maximum atomic E-state index is 12.3. The molecule has 0 radical (unpaired) electrons. The van der Waals surface area contributed by atoms with Crippen molar-refractivity contribution < 1.29 is 9.53 Å². The van der Waals surface area contributed by atoms with E-state index in [0.717, 1.165) is 37.6 Å². The molecule has 0 spiro atoms. The van der Waals surface area contributed by atoms with Crippen molar-refractivity contribution in [1.29, 1.82) is 0 Å². The van der Waals surface area contributed by atoms with Crippen LogP contribution in [0.25, 0.3) is 0 Å². The first-order chi connectivity index (χ1) is 9.63. The second-order valence-electron chi connectivity index (χ2n) is 5.22. The molecule has 0 aromatic carbocycles. The Hall–Kier alpha value is -1.62. The van der Waals surface area contributed by atoms with Crippen molar-refractivity contribution in [2.24, 2.45) is 5.92 Å². The highest BCUT2D eigenvalue weighted by atomic mass is 16.5. The minimum atomic E-state index is -0.0435. The zero-order valence-corrected chi connectivity index (χ0v) is 12.4. The lowest BCUT2D eigenvalue weighted by atomic mass is 10.0. The van der Waals surface area contributed by atoms with Crippen LogP contribution in [0.4, 0.5) is 5.82 Å². The topological polar surface area (TPSA) is 63.2 Å². The maximum absolute atomic E-state index is 12.3. The number of hydrogen-bond donors (Lipinski definition) is 2. The van der Waals surface area contributed by atoms with Gasteiger partial charge in [-0.25, -0.2) is 4.98 Å². The summed E-state index contributed by atoms with van der Waals surface area (Å²) in [5.74, 6) is 1.10. The quantitative estimate of drug-likeness (QED) is 0.862.